The van der Waals surface area contributed by atoms with E-state index in [1.165, 1.54) is 0 Å². The second-order valence-electron chi connectivity index (χ2n) is 8.61. The molecule has 1 heterocycles. The zero-order chi connectivity index (χ0) is 23.7. The first kappa shape index (κ1) is 23.6. The monoisotopic (exact) mass is 455 g/mol. The number of carboxylic acids is 1. The highest BCUT2D eigenvalue weighted by Crippen LogP contribution is 2.37. The molecule has 0 spiro atoms. The van der Waals surface area contributed by atoms with E-state index in [1.807, 2.05) is 48.5 Å². The van der Waals surface area contributed by atoms with Crippen LogP contribution in [-0.4, -0.2) is 80.6 Å². The summed E-state index contributed by atoms with van der Waals surface area (Å²) in [5, 5.41) is 50.3. The van der Waals surface area contributed by atoms with Gasteiger partial charge in [0.2, 0.25) is 0 Å². The van der Waals surface area contributed by atoms with E-state index >= 15 is 0 Å². The Morgan fingerprint density at radius 3 is 2.39 bits per heavy atom. The highest BCUT2D eigenvalue weighted by molar-refractivity contribution is 5.84. The molecule has 0 amide bonds. The quantitative estimate of drug-likeness (QED) is 0.450. The van der Waals surface area contributed by atoms with Crippen molar-refractivity contribution in [3.05, 3.63) is 76.9 Å². The second kappa shape index (κ2) is 9.72. The molecule has 0 aromatic heterocycles. The summed E-state index contributed by atoms with van der Waals surface area (Å²) in [6.07, 6.45) is -5.01. The number of carboxylic acid groups (broad SMARTS) is 1. The summed E-state index contributed by atoms with van der Waals surface area (Å²) in [4.78, 5) is 13.0. The van der Waals surface area contributed by atoms with Gasteiger partial charge in [0.25, 0.3) is 0 Å². The summed E-state index contributed by atoms with van der Waals surface area (Å²) in [6.45, 7) is 0.396. The van der Waals surface area contributed by atoms with Crippen LogP contribution in [0.3, 0.4) is 0 Å². The molecule has 2 aromatic rings. The van der Waals surface area contributed by atoms with Crippen LogP contribution in [0.25, 0.3) is 5.57 Å². The molecule has 0 radical (unpaired) electrons. The van der Waals surface area contributed by atoms with Crippen molar-refractivity contribution in [3.8, 4) is 0 Å². The van der Waals surface area contributed by atoms with Gasteiger partial charge in [-0.1, -0.05) is 54.6 Å². The van der Waals surface area contributed by atoms with Gasteiger partial charge in [-0.05, 0) is 41.3 Å². The summed E-state index contributed by atoms with van der Waals surface area (Å²) in [5.74, 6) is -1.40. The third-order valence-corrected chi connectivity index (χ3v) is 6.43. The lowest BCUT2D eigenvalue weighted by molar-refractivity contribution is -0.256. The van der Waals surface area contributed by atoms with Crippen molar-refractivity contribution in [2.75, 3.05) is 13.6 Å². The number of benzene rings is 2. The minimum Gasteiger partial charge on any atom is -0.479 e. The van der Waals surface area contributed by atoms with Crippen LogP contribution in [0.4, 0.5) is 0 Å². The van der Waals surface area contributed by atoms with Gasteiger partial charge in [-0.15, -0.1) is 0 Å². The van der Waals surface area contributed by atoms with Gasteiger partial charge in [0.05, 0.1) is 6.10 Å². The van der Waals surface area contributed by atoms with Crippen molar-refractivity contribution in [2.24, 2.45) is 0 Å². The van der Waals surface area contributed by atoms with Crippen molar-refractivity contribution < 1.29 is 35.1 Å². The average molecular weight is 456 g/mol. The molecular formula is C25H29NO7. The average Bonchev–Trinajstić information content (AvgIpc) is 2.92. The fraction of sp³-hybridized carbons (Fsp3) is 0.400. The van der Waals surface area contributed by atoms with Gasteiger partial charge in [0.15, 0.2) is 6.10 Å². The number of nitrogens with zero attached hydrogens (tertiary/aromatic N) is 1. The number of fused-ring (bicyclic) bond motifs is 2. The van der Waals surface area contributed by atoms with E-state index in [2.05, 4.69) is 6.08 Å². The van der Waals surface area contributed by atoms with Crippen LogP contribution in [0.15, 0.2) is 54.6 Å². The predicted octanol–water partition coefficient (Wildman–Crippen LogP) is 0.922. The maximum absolute atomic E-state index is 11.4. The van der Waals surface area contributed by atoms with E-state index < -0.39 is 42.7 Å². The Kier molecular flexibility index (Phi) is 6.94. The Hall–Kier alpha value is -2.59. The Morgan fingerprint density at radius 1 is 1.00 bits per heavy atom. The SMILES string of the molecule is CN(CC/C=C1/c2ccccc2CC(O)c2ccccc21)C1O[C@H](C(=O)O)[C@@H](O)[C@H](O)[C@H]1O. The Bertz CT molecular complexity index is 1040. The van der Waals surface area contributed by atoms with E-state index in [0.29, 0.717) is 19.4 Å². The topological polar surface area (TPSA) is 131 Å². The van der Waals surface area contributed by atoms with Gasteiger partial charge in [-0.25, -0.2) is 4.79 Å². The molecule has 0 bridgehead atoms. The number of likely N-dealkylation sites (N-methyl/N-ethyl adjacent to an activating group) is 1. The fourth-order valence-electron chi connectivity index (χ4n) is 4.65. The third kappa shape index (κ3) is 4.59. The van der Waals surface area contributed by atoms with Crippen LogP contribution in [0.1, 0.15) is 34.8 Å². The number of aliphatic hydroxyl groups is 4. The minimum atomic E-state index is -1.71. The van der Waals surface area contributed by atoms with Gasteiger partial charge < -0.3 is 30.3 Å². The first-order valence-electron chi connectivity index (χ1n) is 11.0. The van der Waals surface area contributed by atoms with Crippen LogP contribution in [-0.2, 0) is 16.0 Å². The first-order chi connectivity index (χ1) is 15.8. The van der Waals surface area contributed by atoms with E-state index in [9.17, 15) is 30.3 Å². The van der Waals surface area contributed by atoms with Crippen molar-refractivity contribution in [3.63, 3.8) is 0 Å². The van der Waals surface area contributed by atoms with E-state index in [0.717, 1.165) is 27.8 Å². The number of hydrogen-bond acceptors (Lipinski definition) is 7. The third-order valence-electron chi connectivity index (χ3n) is 6.43. The molecule has 6 atom stereocenters. The first-order valence-corrected chi connectivity index (χ1v) is 11.0. The molecule has 2 unspecified atom stereocenters. The molecule has 33 heavy (non-hydrogen) atoms. The zero-order valence-corrected chi connectivity index (χ0v) is 18.3. The number of hydrogen-bond donors (Lipinski definition) is 5. The van der Waals surface area contributed by atoms with Crippen LogP contribution in [0.2, 0.25) is 0 Å². The lowest BCUT2D eigenvalue weighted by atomic mass is 9.93. The smallest absolute Gasteiger partial charge is 0.335 e. The van der Waals surface area contributed by atoms with Gasteiger partial charge in [0.1, 0.15) is 24.5 Å². The van der Waals surface area contributed by atoms with E-state index in [4.69, 9.17) is 4.74 Å². The molecule has 2 aliphatic rings. The van der Waals surface area contributed by atoms with Gasteiger partial charge in [-0.2, -0.15) is 0 Å². The van der Waals surface area contributed by atoms with Crippen LogP contribution < -0.4 is 0 Å². The van der Waals surface area contributed by atoms with E-state index in [-0.39, 0.29) is 0 Å². The van der Waals surface area contributed by atoms with Crippen molar-refractivity contribution in [1.82, 2.24) is 4.90 Å². The molecule has 1 fully saturated rings. The molecular weight excluding hydrogens is 426 g/mol. The summed E-state index contributed by atoms with van der Waals surface area (Å²) < 4.78 is 5.41. The fourth-order valence-corrected chi connectivity index (χ4v) is 4.65. The number of carbonyl (C=O) groups is 1. The number of ether oxygens (including phenoxy) is 1. The van der Waals surface area contributed by atoms with Crippen molar-refractivity contribution >= 4 is 11.5 Å². The summed E-state index contributed by atoms with van der Waals surface area (Å²) in [5.41, 5.74) is 4.91. The number of aliphatic carboxylic acids is 1. The Balaban J connectivity index is 1.57. The molecule has 0 saturated carbocycles. The minimum absolute atomic E-state index is 0.396. The van der Waals surface area contributed by atoms with Gasteiger partial charge >= 0.3 is 5.97 Å². The summed E-state index contributed by atoms with van der Waals surface area (Å²) in [7, 11) is 1.66. The molecule has 1 saturated heterocycles. The Labute approximate surface area is 192 Å². The van der Waals surface area contributed by atoms with Gasteiger partial charge in [-0.3, -0.25) is 4.90 Å². The maximum Gasteiger partial charge on any atom is 0.335 e. The van der Waals surface area contributed by atoms with Gasteiger partial charge in [0, 0.05) is 13.0 Å². The molecule has 4 rings (SSSR count). The normalized spacial score (nSPS) is 30.5. The largest absolute Gasteiger partial charge is 0.479 e. The number of aliphatic hydroxyl groups excluding tert-OH is 4. The van der Waals surface area contributed by atoms with E-state index in [1.54, 1.807) is 11.9 Å². The maximum atomic E-state index is 11.4. The van der Waals surface area contributed by atoms with Crippen LogP contribution in [0, 0.1) is 0 Å². The molecule has 8 nitrogen and oxygen atoms in total. The van der Waals surface area contributed by atoms with Crippen LogP contribution >= 0.6 is 0 Å². The predicted molar refractivity (Wildman–Crippen MR) is 120 cm³/mol. The Morgan fingerprint density at radius 2 is 1.67 bits per heavy atom. The molecule has 1 aliphatic carbocycles. The zero-order valence-electron chi connectivity index (χ0n) is 18.3. The summed E-state index contributed by atoms with van der Waals surface area (Å²) >= 11 is 0. The lowest BCUT2D eigenvalue weighted by Crippen LogP contribution is -2.63. The van der Waals surface area contributed by atoms with Crippen LogP contribution in [0.5, 0.6) is 0 Å². The molecule has 5 N–H and O–H groups in total. The highest BCUT2D eigenvalue weighted by atomic mass is 16.6. The standard InChI is InChI=1S/C25H29NO7/c1-26(24-22(30)20(28)21(29)23(33-24)25(31)32)12-6-11-16-15-8-3-2-7-14(15)13-19(27)18-10-5-4-9-17(16)18/h2-5,7-11,19-24,27-30H,6,12-13H2,1H3,(H,31,32)/b16-11-/t19?,20-,21-,22+,23-,24?/m0/s1. The summed E-state index contributed by atoms with van der Waals surface area (Å²) in [6, 6.07) is 15.7. The van der Waals surface area contributed by atoms with Crippen molar-refractivity contribution in [1.29, 1.82) is 0 Å². The number of rotatable bonds is 5. The lowest BCUT2D eigenvalue weighted by Gasteiger charge is -2.42. The highest BCUT2D eigenvalue weighted by Gasteiger charge is 2.48. The molecule has 176 valence electrons. The second-order valence-corrected chi connectivity index (χ2v) is 8.61. The molecule has 2 aromatic carbocycles. The molecule has 1 aliphatic heterocycles. The van der Waals surface area contributed by atoms with Crippen molar-refractivity contribution in [2.45, 2.75) is 49.6 Å². The molecule has 8 heteroatoms.